The number of hydrogen-bond donors (Lipinski definition) is 1. The zero-order valence-electron chi connectivity index (χ0n) is 9.81. The molecule has 0 bridgehead atoms. The van der Waals surface area contributed by atoms with Crippen LogP contribution in [-0.4, -0.2) is 17.2 Å². The number of ether oxygens (including phenoxy) is 1. The molecule has 2 atom stereocenters. The summed E-state index contributed by atoms with van der Waals surface area (Å²) in [6.07, 6.45) is 0.270. The summed E-state index contributed by atoms with van der Waals surface area (Å²) in [6.45, 7) is 3.98. The third-order valence-electron chi connectivity index (χ3n) is 3.11. The molecular weight excluding hydrogens is 284 g/mol. The van der Waals surface area contributed by atoms with E-state index in [1.54, 1.807) is 0 Å². The second-order valence-corrected chi connectivity index (χ2v) is 5.56. The maximum absolute atomic E-state index is 11.3. The molecule has 0 amide bonds. The molecule has 0 aliphatic carbocycles. The van der Waals surface area contributed by atoms with Gasteiger partial charge in [0.15, 0.2) is 0 Å². The smallest absolute Gasteiger partial charge is 0.310 e. The molecule has 1 aromatic carbocycles. The zero-order chi connectivity index (χ0) is 12.6. The standard InChI is InChI=1S/C13H15BrO3/c1-7(2)11-9(13(15)16)6-8-4-3-5-10(14)12(8)17-11/h3-5,7,9,11H,6H2,1-2H3,(H,15,16). The molecule has 2 unspecified atom stereocenters. The maximum atomic E-state index is 11.3. The number of para-hydroxylation sites is 1. The minimum absolute atomic E-state index is 0.177. The number of carboxylic acid groups (broad SMARTS) is 1. The molecule has 17 heavy (non-hydrogen) atoms. The van der Waals surface area contributed by atoms with Crippen LogP contribution in [0.5, 0.6) is 5.75 Å². The van der Waals surface area contributed by atoms with Gasteiger partial charge in [0, 0.05) is 0 Å². The van der Waals surface area contributed by atoms with Crippen LogP contribution >= 0.6 is 15.9 Å². The summed E-state index contributed by atoms with van der Waals surface area (Å²) < 4.78 is 6.76. The molecule has 92 valence electrons. The molecule has 0 aromatic heterocycles. The van der Waals surface area contributed by atoms with Crippen LogP contribution in [0.25, 0.3) is 0 Å². The van der Waals surface area contributed by atoms with Crippen LogP contribution in [0, 0.1) is 11.8 Å². The quantitative estimate of drug-likeness (QED) is 0.912. The SMILES string of the molecule is CC(C)C1Oc2c(Br)cccc2CC1C(=O)O. The Kier molecular flexibility index (Phi) is 3.43. The molecule has 1 aromatic rings. The first-order valence-corrected chi connectivity index (χ1v) is 6.47. The Bertz CT molecular complexity index is 442. The van der Waals surface area contributed by atoms with Crippen molar-refractivity contribution in [1.82, 2.24) is 0 Å². The van der Waals surface area contributed by atoms with Gasteiger partial charge in [-0.1, -0.05) is 26.0 Å². The van der Waals surface area contributed by atoms with E-state index in [9.17, 15) is 9.90 Å². The summed E-state index contributed by atoms with van der Waals surface area (Å²) in [5, 5.41) is 9.26. The van der Waals surface area contributed by atoms with Gasteiger partial charge in [-0.15, -0.1) is 0 Å². The summed E-state index contributed by atoms with van der Waals surface area (Å²) in [5.41, 5.74) is 0.962. The van der Waals surface area contributed by atoms with E-state index in [4.69, 9.17) is 4.74 Å². The Hall–Kier alpha value is -1.03. The highest BCUT2D eigenvalue weighted by molar-refractivity contribution is 9.10. The van der Waals surface area contributed by atoms with Crippen molar-refractivity contribution < 1.29 is 14.6 Å². The van der Waals surface area contributed by atoms with Gasteiger partial charge < -0.3 is 9.84 Å². The van der Waals surface area contributed by atoms with Crippen molar-refractivity contribution >= 4 is 21.9 Å². The van der Waals surface area contributed by atoms with Gasteiger partial charge in [-0.05, 0) is 39.9 Å². The van der Waals surface area contributed by atoms with Gasteiger partial charge >= 0.3 is 5.97 Å². The van der Waals surface area contributed by atoms with E-state index < -0.39 is 11.9 Å². The number of halogens is 1. The predicted molar refractivity (Wildman–Crippen MR) is 68.2 cm³/mol. The lowest BCUT2D eigenvalue weighted by Crippen LogP contribution is -2.41. The molecule has 0 saturated heterocycles. The summed E-state index contributed by atoms with van der Waals surface area (Å²) >= 11 is 3.44. The molecule has 4 heteroatoms. The number of carbonyl (C=O) groups is 1. The lowest BCUT2D eigenvalue weighted by atomic mass is 9.85. The second-order valence-electron chi connectivity index (χ2n) is 4.70. The number of fused-ring (bicyclic) bond motifs is 1. The number of rotatable bonds is 2. The maximum Gasteiger partial charge on any atom is 0.310 e. The highest BCUT2D eigenvalue weighted by atomic mass is 79.9. The van der Waals surface area contributed by atoms with Gasteiger partial charge in [0.25, 0.3) is 0 Å². The molecule has 0 spiro atoms. The fourth-order valence-electron chi connectivity index (χ4n) is 2.25. The van der Waals surface area contributed by atoms with E-state index in [1.807, 2.05) is 32.0 Å². The van der Waals surface area contributed by atoms with Gasteiger partial charge in [-0.25, -0.2) is 0 Å². The van der Waals surface area contributed by atoms with Crippen LogP contribution in [0.1, 0.15) is 19.4 Å². The number of aliphatic carboxylic acids is 1. The first-order chi connectivity index (χ1) is 8.00. The van der Waals surface area contributed by atoms with Gasteiger partial charge in [0.2, 0.25) is 0 Å². The largest absolute Gasteiger partial charge is 0.488 e. The minimum Gasteiger partial charge on any atom is -0.488 e. The molecule has 3 nitrogen and oxygen atoms in total. The molecular formula is C13H15BrO3. The Morgan fingerprint density at radius 1 is 1.53 bits per heavy atom. The lowest BCUT2D eigenvalue weighted by molar-refractivity contribution is -0.146. The van der Waals surface area contributed by atoms with Gasteiger partial charge in [0.1, 0.15) is 11.9 Å². The van der Waals surface area contributed by atoms with Gasteiger partial charge in [-0.2, -0.15) is 0 Å². The first-order valence-electron chi connectivity index (χ1n) is 5.67. The highest BCUT2D eigenvalue weighted by Crippen LogP contribution is 2.38. The second kappa shape index (κ2) is 4.69. The van der Waals surface area contributed by atoms with Gasteiger partial charge in [-0.3, -0.25) is 4.79 Å². The molecule has 1 aliphatic heterocycles. The number of carboxylic acids is 1. The van der Waals surface area contributed by atoms with E-state index in [0.29, 0.717) is 6.42 Å². The Balaban J connectivity index is 2.40. The third-order valence-corrected chi connectivity index (χ3v) is 3.74. The molecule has 2 rings (SSSR count). The van der Waals surface area contributed by atoms with E-state index in [-0.39, 0.29) is 12.0 Å². The average molecular weight is 299 g/mol. The first kappa shape index (κ1) is 12.4. The summed E-state index contributed by atoms with van der Waals surface area (Å²) in [6, 6.07) is 5.74. The zero-order valence-corrected chi connectivity index (χ0v) is 11.4. The number of benzene rings is 1. The summed E-state index contributed by atoms with van der Waals surface area (Å²) in [4.78, 5) is 11.3. The molecule has 0 radical (unpaired) electrons. The Labute approximate surface area is 109 Å². The van der Waals surface area contributed by atoms with Crippen LogP contribution in [0.4, 0.5) is 0 Å². The van der Waals surface area contributed by atoms with Crippen LogP contribution in [0.2, 0.25) is 0 Å². The number of hydrogen-bond acceptors (Lipinski definition) is 2. The van der Waals surface area contributed by atoms with Crippen molar-refractivity contribution in [3.05, 3.63) is 28.2 Å². The van der Waals surface area contributed by atoms with Crippen molar-refractivity contribution in [3.63, 3.8) is 0 Å². The lowest BCUT2D eigenvalue weighted by Gasteiger charge is -2.34. The normalized spacial score (nSPS) is 23.1. The van der Waals surface area contributed by atoms with Crippen molar-refractivity contribution in [2.45, 2.75) is 26.4 Å². The highest BCUT2D eigenvalue weighted by Gasteiger charge is 2.37. The van der Waals surface area contributed by atoms with Crippen molar-refractivity contribution in [2.24, 2.45) is 11.8 Å². The average Bonchev–Trinajstić information content (AvgIpc) is 2.27. The van der Waals surface area contributed by atoms with Crippen LogP contribution in [0.3, 0.4) is 0 Å². The fourth-order valence-corrected chi connectivity index (χ4v) is 2.75. The van der Waals surface area contributed by atoms with E-state index in [2.05, 4.69) is 15.9 Å². The molecule has 0 fully saturated rings. The molecule has 1 N–H and O–H groups in total. The topological polar surface area (TPSA) is 46.5 Å². The van der Waals surface area contributed by atoms with Gasteiger partial charge in [0.05, 0.1) is 10.4 Å². The Morgan fingerprint density at radius 3 is 2.82 bits per heavy atom. The van der Waals surface area contributed by atoms with Crippen molar-refractivity contribution in [3.8, 4) is 5.75 Å². The van der Waals surface area contributed by atoms with E-state index >= 15 is 0 Å². The molecule has 1 aliphatic rings. The monoisotopic (exact) mass is 298 g/mol. The van der Waals surface area contributed by atoms with E-state index in [1.165, 1.54) is 0 Å². The van der Waals surface area contributed by atoms with Crippen molar-refractivity contribution in [1.29, 1.82) is 0 Å². The van der Waals surface area contributed by atoms with Crippen LogP contribution < -0.4 is 4.74 Å². The van der Waals surface area contributed by atoms with Crippen molar-refractivity contribution in [2.75, 3.05) is 0 Å². The summed E-state index contributed by atoms with van der Waals surface area (Å²) in [7, 11) is 0. The Morgan fingerprint density at radius 2 is 2.24 bits per heavy atom. The minimum atomic E-state index is -0.783. The summed E-state index contributed by atoms with van der Waals surface area (Å²) in [5.74, 6) is -0.272. The van der Waals surface area contributed by atoms with Crippen LogP contribution in [-0.2, 0) is 11.2 Å². The molecule has 1 heterocycles. The predicted octanol–water partition coefficient (Wildman–Crippen LogP) is 3.11. The van der Waals surface area contributed by atoms with Crippen LogP contribution in [0.15, 0.2) is 22.7 Å². The van der Waals surface area contributed by atoms with E-state index in [0.717, 1.165) is 15.8 Å². The fraction of sp³-hybridized carbons (Fsp3) is 0.462. The third kappa shape index (κ3) is 2.32. The molecule has 0 saturated carbocycles.